The maximum absolute atomic E-state index is 9.46. The second-order valence-corrected chi connectivity index (χ2v) is 4.77. The van der Waals surface area contributed by atoms with E-state index in [1.165, 1.54) is 0 Å². The van der Waals surface area contributed by atoms with Crippen molar-refractivity contribution in [1.29, 1.82) is 0 Å². The van der Waals surface area contributed by atoms with E-state index < -0.39 is 0 Å². The van der Waals surface area contributed by atoms with Gasteiger partial charge in [0.25, 0.3) is 0 Å². The zero-order chi connectivity index (χ0) is 13.5. The number of fused-ring (bicyclic) bond motifs is 2. The van der Waals surface area contributed by atoms with Crippen LogP contribution in [-0.4, -0.2) is 14.5 Å². The molecule has 1 aliphatic heterocycles. The average molecular weight is 264 g/mol. The lowest BCUT2D eigenvalue weighted by Crippen LogP contribution is -2.10. The smallest absolute Gasteiger partial charge is 0.159 e. The van der Waals surface area contributed by atoms with E-state index in [0.717, 1.165) is 22.5 Å². The summed E-state index contributed by atoms with van der Waals surface area (Å²) in [4.78, 5) is 4.43. The quantitative estimate of drug-likeness (QED) is 0.734. The fourth-order valence-electron chi connectivity index (χ4n) is 2.41. The van der Waals surface area contributed by atoms with Crippen LogP contribution < -0.4 is 4.74 Å². The molecule has 0 fully saturated rings. The number of hydrogen-bond donors (Lipinski definition) is 1. The zero-order valence-corrected chi connectivity index (χ0v) is 10.6. The van der Waals surface area contributed by atoms with E-state index in [4.69, 9.17) is 4.74 Å². The molecule has 0 aliphatic carbocycles. The van der Waals surface area contributed by atoms with E-state index in [2.05, 4.69) is 4.98 Å². The first-order valence-corrected chi connectivity index (χ1v) is 6.40. The van der Waals surface area contributed by atoms with Crippen molar-refractivity contribution in [2.75, 3.05) is 0 Å². The topological polar surface area (TPSA) is 46.8 Å². The molecule has 4 heteroatoms. The monoisotopic (exact) mass is 264 g/mol. The van der Waals surface area contributed by atoms with E-state index in [-0.39, 0.29) is 11.9 Å². The van der Waals surface area contributed by atoms with Crippen molar-refractivity contribution in [3.05, 3.63) is 66.3 Å². The second-order valence-electron chi connectivity index (χ2n) is 4.77. The van der Waals surface area contributed by atoms with Crippen LogP contribution in [0.25, 0.3) is 11.6 Å². The van der Waals surface area contributed by atoms with Crippen molar-refractivity contribution < 1.29 is 9.84 Å². The van der Waals surface area contributed by atoms with E-state index >= 15 is 0 Å². The highest BCUT2D eigenvalue weighted by Crippen LogP contribution is 2.34. The van der Waals surface area contributed by atoms with Crippen LogP contribution in [0, 0.1) is 0 Å². The van der Waals surface area contributed by atoms with Crippen molar-refractivity contribution in [2.24, 2.45) is 0 Å². The Labute approximate surface area is 115 Å². The van der Waals surface area contributed by atoms with Crippen molar-refractivity contribution in [3.63, 3.8) is 0 Å². The van der Waals surface area contributed by atoms with Gasteiger partial charge < -0.3 is 14.2 Å². The Morgan fingerprint density at radius 3 is 3.10 bits per heavy atom. The van der Waals surface area contributed by atoms with Crippen molar-refractivity contribution in [3.8, 4) is 11.5 Å². The van der Waals surface area contributed by atoms with Crippen LogP contribution in [0.1, 0.15) is 17.4 Å². The summed E-state index contributed by atoms with van der Waals surface area (Å²) in [6.07, 6.45) is 7.44. The molecular weight excluding hydrogens is 252 g/mol. The molecule has 1 atom stereocenters. The molecule has 0 spiro atoms. The molecule has 4 nitrogen and oxygen atoms in total. The van der Waals surface area contributed by atoms with Gasteiger partial charge in [-0.3, -0.25) is 0 Å². The third-order valence-electron chi connectivity index (χ3n) is 3.43. The molecule has 98 valence electrons. The summed E-state index contributed by atoms with van der Waals surface area (Å²) >= 11 is 0. The normalized spacial score (nSPS) is 16.9. The van der Waals surface area contributed by atoms with E-state index in [1.807, 2.05) is 40.9 Å². The van der Waals surface area contributed by atoms with Crippen LogP contribution in [-0.2, 0) is 0 Å². The number of phenolic OH excluding ortho intramolecular Hbond substituents is 1. The highest BCUT2D eigenvalue weighted by molar-refractivity contribution is 5.62. The summed E-state index contributed by atoms with van der Waals surface area (Å²) < 4.78 is 7.89. The number of rotatable bonds is 1. The fraction of sp³-hybridized carbons (Fsp3) is 0.0625. The molecule has 2 aromatic heterocycles. The lowest BCUT2D eigenvalue weighted by Gasteiger charge is -2.21. The van der Waals surface area contributed by atoms with Gasteiger partial charge in [0.2, 0.25) is 0 Å². The van der Waals surface area contributed by atoms with Crippen molar-refractivity contribution >= 4 is 11.6 Å². The van der Waals surface area contributed by atoms with Gasteiger partial charge >= 0.3 is 0 Å². The summed E-state index contributed by atoms with van der Waals surface area (Å²) in [5.74, 6) is 0.996. The minimum Gasteiger partial charge on any atom is -0.508 e. The molecule has 0 radical (unpaired) electrons. The number of ether oxygens (including phenoxy) is 1. The number of benzene rings is 1. The summed E-state index contributed by atoms with van der Waals surface area (Å²) in [5.41, 5.74) is 2.83. The molecule has 4 rings (SSSR count). The number of aromatic hydroxyl groups is 1. The highest BCUT2D eigenvalue weighted by atomic mass is 16.5. The zero-order valence-electron chi connectivity index (χ0n) is 10.6. The number of nitrogens with zero attached hydrogens (tertiary/aromatic N) is 2. The third-order valence-corrected chi connectivity index (χ3v) is 3.43. The van der Waals surface area contributed by atoms with Gasteiger partial charge in [-0.15, -0.1) is 0 Å². The first-order chi connectivity index (χ1) is 9.79. The predicted octanol–water partition coefficient (Wildman–Crippen LogP) is 3.19. The molecule has 0 bridgehead atoms. The van der Waals surface area contributed by atoms with Gasteiger partial charge in [0.1, 0.15) is 11.5 Å². The Balaban J connectivity index is 1.72. The standard InChI is InChI=1S/C16H12N2O2/c19-13-4-6-15-11(8-13)3-5-16(20-15)14-9-12-2-1-7-18(12)10-17-14/h1-10,16,19H. The maximum atomic E-state index is 9.46. The van der Waals surface area contributed by atoms with Crippen LogP contribution in [0.3, 0.4) is 0 Å². The van der Waals surface area contributed by atoms with Crippen LogP contribution in [0.5, 0.6) is 11.5 Å². The summed E-state index contributed by atoms with van der Waals surface area (Å²) in [5, 5.41) is 9.46. The molecule has 0 amide bonds. The van der Waals surface area contributed by atoms with Gasteiger partial charge in [-0.1, -0.05) is 6.08 Å². The van der Waals surface area contributed by atoms with Gasteiger partial charge in [-0.05, 0) is 42.5 Å². The third kappa shape index (κ3) is 1.73. The molecule has 1 N–H and O–H groups in total. The largest absolute Gasteiger partial charge is 0.508 e. The molecule has 0 saturated heterocycles. The van der Waals surface area contributed by atoms with E-state index in [1.54, 1.807) is 24.5 Å². The molecule has 3 heterocycles. The Hall–Kier alpha value is -2.75. The molecule has 20 heavy (non-hydrogen) atoms. The number of hydrogen-bond acceptors (Lipinski definition) is 3. The van der Waals surface area contributed by atoms with E-state index in [0.29, 0.717) is 0 Å². The van der Waals surface area contributed by atoms with Gasteiger partial charge in [-0.2, -0.15) is 0 Å². The highest BCUT2D eigenvalue weighted by Gasteiger charge is 2.18. The van der Waals surface area contributed by atoms with Crippen molar-refractivity contribution in [1.82, 2.24) is 9.38 Å². The Morgan fingerprint density at radius 1 is 1.20 bits per heavy atom. The first kappa shape index (κ1) is 11.1. The molecule has 1 aliphatic rings. The molecule has 1 aromatic carbocycles. The number of aromatic nitrogens is 2. The minimum atomic E-state index is -0.202. The first-order valence-electron chi connectivity index (χ1n) is 6.40. The SMILES string of the molecule is Oc1ccc2c(c1)C=CC(c1cc3cccn3cn1)O2. The van der Waals surface area contributed by atoms with Gasteiger partial charge in [0, 0.05) is 17.3 Å². The Bertz CT molecular complexity index is 820. The lowest BCUT2D eigenvalue weighted by molar-refractivity contribution is 0.246. The molecule has 1 unspecified atom stereocenters. The molecule has 3 aromatic rings. The molecule has 0 saturated carbocycles. The summed E-state index contributed by atoms with van der Waals surface area (Å²) in [6, 6.07) is 11.1. The average Bonchev–Trinajstić information content (AvgIpc) is 2.94. The Kier molecular flexibility index (Phi) is 2.29. The minimum absolute atomic E-state index is 0.202. The van der Waals surface area contributed by atoms with Gasteiger partial charge in [0.05, 0.1) is 12.0 Å². The fourth-order valence-corrected chi connectivity index (χ4v) is 2.41. The maximum Gasteiger partial charge on any atom is 0.159 e. The van der Waals surface area contributed by atoms with Gasteiger partial charge in [-0.25, -0.2) is 4.98 Å². The molecular formula is C16H12N2O2. The van der Waals surface area contributed by atoms with Crippen LogP contribution in [0.4, 0.5) is 0 Å². The Morgan fingerprint density at radius 2 is 2.15 bits per heavy atom. The number of phenols is 1. The lowest BCUT2D eigenvalue weighted by atomic mass is 10.1. The predicted molar refractivity (Wildman–Crippen MR) is 75.7 cm³/mol. The van der Waals surface area contributed by atoms with Crippen molar-refractivity contribution in [2.45, 2.75) is 6.10 Å². The van der Waals surface area contributed by atoms with Gasteiger partial charge in [0.15, 0.2) is 6.10 Å². The second kappa shape index (κ2) is 4.13. The van der Waals surface area contributed by atoms with Crippen LogP contribution in [0.15, 0.2) is 55.0 Å². The van der Waals surface area contributed by atoms with Crippen LogP contribution in [0.2, 0.25) is 0 Å². The summed E-state index contributed by atoms with van der Waals surface area (Å²) in [7, 11) is 0. The summed E-state index contributed by atoms with van der Waals surface area (Å²) in [6.45, 7) is 0. The van der Waals surface area contributed by atoms with E-state index in [9.17, 15) is 5.11 Å². The van der Waals surface area contributed by atoms with Crippen LogP contribution >= 0.6 is 0 Å².